The highest BCUT2D eigenvalue weighted by molar-refractivity contribution is 5.84. The molecule has 0 radical (unpaired) electrons. The fourth-order valence-electron chi connectivity index (χ4n) is 3.00. The van der Waals surface area contributed by atoms with Crippen molar-refractivity contribution in [1.82, 2.24) is 10.3 Å². The van der Waals surface area contributed by atoms with Crippen LogP contribution in [0.3, 0.4) is 0 Å². The molecule has 0 amide bonds. The molecule has 1 N–H and O–H groups in total. The zero-order valence-corrected chi connectivity index (χ0v) is 12.2. The fourth-order valence-corrected chi connectivity index (χ4v) is 3.00. The number of nitrogens with zero attached hydrogens (tertiary/aromatic N) is 1. The molecule has 2 aromatic rings. The van der Waals surface area contributed by atoms with Gasteiger partial charge in [-0.3, -0.25) is 4.98 Å². The van der Waals surface area contributed by atoms with Gasteiger partial charge in [-0.25, -0.2) is 4.39 Å². The van der Waals surface area contributed by atoms with Crippen LogP contribution < -0.4 is 5.32 Å². The number of aromatic nitrogens is 1. The first-order valence-electron chi connectivity index (χ1n) is 7.48. The van der Waals surface area contributed by atoms with Gasteiger partial charge >= 0.3 is 0 Å². The number of hydrogen-bond acceptors (Lipinski definition) is 2. The molecule has 0 unspecified atom stereocenters. The summed E-state index contributed by atoms with van der Waals surface area (Å²) in [5.74, 6) is -0.180. The van der Waals surface area contributed by atoms with E-state index in [2.05, 4.69) is 19.2 Å². The van der Waals surface area contributed by atoms with Crippen LogP contribution in [0.25, 0.3) is 10.9 Å². The van der Waals surface area contributed by atoms with Gasteiger partial charge in [-0.2, -0.15) is 0 Å². The number of fused-ring (bicyclic) bond motifs is 2. The Labute approximate surface area is 119 Å². The smallest absolute Gasteiger partial charge is 0.123 e. The van der Waals surface area contributed by atoms with E-state index in [0.29, 0.717) is 6.04 Å². The summed E-state index contributed by atoms with van der Waals surface area (Å²) >= 11 is 0. The van der Waals surface area contributed by atoms with E-state index >= 15 is 0 Å². The molecule has 1 heterocycles. The highest BCUT2D eigenvalue weighted by Gasteiger charge is 2.18. The predicted octanol–water partition coefficient (Wildman–Crippen LogP) is 3.75. The molecular weight excluding hydrogens is 251 g/mol. The quantitative estimate of drug-likeness (QED) is 0.920. The first-order chi connectivity index (χ1) is 9.65. The maximum absolute atomic E-state index is 13.6. The summed E-state index contributed by atoms with van der Waals surface area (Å²) in [4.78, 5) is 4.75. The highest BCUT2D eigenvalue weighted by atomic mass is 19.1. The lowest BCUT2D eigenvalue weighted by Crippen LogP contribution is -2.24. The second-order valence-electron chi connectivity index (χ2n) is 5.92. The first kappa shape index (κ1) is 13.5. The Hall–Kier alpha value is -1.48. The lowest BCUT2D eigenvalue weighted by Gasteiger charge is -2.21. The summed E-state index contributed by atoms with van der Waals surface area (Å²) in [6.45, 7) is 5.06. The van der Waals surface area contributed by atoms with Gasteiger partial charge < -0.3 is 5.32 Å². The number of halogens is 1. The van der Waals surface area contributed by atoms with Crippen molar-refractivity contribution >= 4 is 10.9 Å². The second kappa shape index (κ2) is 5.49. The molecule has 3 rings (SSSR count). The standard InChI is InChI=1S/C17H21FN2/c1-11(2)19-10-15-13-5-3-4-6-16(13)20-17-8-7-12(18)9-14(15)17/h7-9,11,19H,3-6,10H2,1-2H3. The van der Waals surface area contributed by atoms with Crippen LogP contribution in [0.4, 0.5) is 4.39 Å². The monoisotopic (exact) mass is 272 g/mol. The van der Waals surface area contributed by atoms with Gasteiger partial charge in [0.15, 0.2) is 0 Å². The highest BCUT2D eigenvalue weighted by Crippen LogP contribution is 2.29. The van der Waals surface area contributed by atoms with Gasteiger partial charge in [0.05, 0.1) is 5.52 Å². The van der Waals surface area contributed by atoms with Crippen molar-refractivity contribution in [2.24, 2.45) is 0 Å². The summed E-state index contributed by atoms with van der Waals surface area (Å²) in [6.07, 6.45) is 4.55. The van der Waals surface area contributed by atoms with Gasteiger partial charge in [-0.1, -0.05) is 13.8 Å². The normalized spacial score (nSPS) is 14.8. The minimum atomic E-state index is -0.180. The molecule has 1 aromatic heterocycles. The average molecular weight is 272 g/mol. The van der Waals surface area contributed by atoms with Gasteiger partial charge in [0.2, 0.25) is 0 Å². The third-order valence-corrected chi connectivity index (χ3v) is 4.03. The molecule has 106 valence electrons. The van der Waals surface area contributed by atoms with Crippen molar-refractivity contribution in [1.29, 1.82) is 0 Å². The number of benzene rings is 1. The van der Waals surface area contributed by atoms with Crippen molar-refractivity contribution in [2.75, 3.05) is 0 Å². The van der Waals surface area contributed by atoms with Crippen LogP contribution in [0, 0.1) is 5.82 Å². The van der Waals surface area contributed by atoms with Crippen LogP contribution >= 0.6 is 0 Å². The number of pyridine rings is 1. The molecule has 1 aliphatic carbocycles. The number of hydrogen-bond donors (Lipinski definition) is 1. The Morgan fingerprint density at radius 2 is 2.05 bits per heavy atom. The summed E-state index contributed by atoms with van der Waals surface area (Å²) in [6, 6.07) is 5.36. The molecule has 0 spiro atoms. The molecule has 2 nitrogen and oxygen atoms in total. The molecule has 0 fully saturated rings. The van der Waals surface area contributed by atoms with E-state index in [0.717, 1.165) is 30.3 Å². The largest absolute Gasteiger partial charge is 0.310 e. The van der Waals surface area contributed by atoms with Crippen molar-refractivity contribution in [3.63, 3.8) is 0 Å². The zero-order valence-electron chi connectivity index (χ0n) is 12.2. The van der Waals surface area contributed by atoms with Gasteiger partial charge in [0.25, 0.3) is 0 Å². The molecule has 0 aliphatic heterocycles. The van der Waals surface area contributed by atoms with Gasteiger partial charge in [0.1, 0.15) is 5.82 Å². The molecular formula is C17H21FN2. The van der Waals surface area contributed by atoms with E-state index in [1.165, 1.54) is 35.7 Å². The Morgan fingerprint density at radius 1 is 1.25 bits per heavy atom. The zero-order chi connectivity index (χ0) is 14.1. The lowest BCUT2D eigenvalue weighted by molar-refractivity contribution is 0.580. The molecule has 0 bridgehead atoms. The fraction of sp³-hybridized carbons (Fsp3) is 0.471. The first-order valence-corrected chi connectivity index (χ1v) is 7.48. The van der Waals surface area contributed by atoms with Crippen molar-refractivity contribution < 1.29 is 4.39 Å². The van der Waals surface area contributed by atoms with E-state index < -0.39 is 0 Å². The molecule has 0 atom stereocenters. The lowest BCUT2D eigenvalue weighted by atomic mass is 9.89. The summed E-state index contributed by atoms with van der Waals surface area (Å²) in [5, 5.41) is 4.44. The maximum atomic E-state index is 13.6. The van der Waals surface area contributed by atoms with Crippen molar-refractivity contribution in [2.45, 2.75) is 52.1 Å². The maximum Gasteiger partial charge on any atom is 0.123 e. The van der Waals surface area contributed by atoms with E-state index in [4.69, 9.17) is 4.98 Å². The third-order valence-electron chi connectivity index (χ3n) is 4.03. The SMILES string of the molecule is CC(C)NCc1c2c(nc3ccc(F)cc13)CCCC2. The third kappa shape index (κ3) is 2.55. The van der Waals surface area contributed by atoms with Crippen LogP contribution in [0.1, 0.15) is 43.5 Å². The summed E-state index contributed by atoms with van der Waals surface area (Å²) in [5.41, 5.74) is 4.74. The summed E-state index contributed by atoms with van der Waals surface area (Å²) < 4.78 is 13.6. The minimum Gasteiger partial charge on any atom is -0.310 e. The Kier molecular flexibility index (Phi) is 3.70. The van der Waals surface area contributed by atoms with Gasteiger partial charge in [0, 0.05) is 23.7 Å². The number of nitrogens with one attached hydrogen (secondary N) is 1. The minimum absolute atomic E-state index is 0.180. The Morgan fingerprint density at radius 3 is 2.85 bits per heavy atom. The topological polar surface area (TPSA) is 24.9 Å². The van der Waals surface area contributed by atoms with E-state index in [-0.39, 0.29) is 5.82 Å². The van der Waals surface area contributed by atoms with E-state index in [9.17, 15) is 4.39 Å². The van der Waals surface area contributed by atoms with Crippen LogP contribution in [0.5, 0.6) is 0 Å². The molecule has 20 heavy (non-hydrogen) atoms. The Balaban J connectivity index is 2.16. The Bertz CT molecular complexity index is 634. The van der Waals surface area contributed by atoms with Gasteiger partial charge in [-0.05, 0) is 55.0 Å². The van der Waals surface area contributed by atoms with E-state index in [1.807, 2.05) is 0 Å². The van der Waals surface area contributed by atoms with Crippen molar-refractivity contribution in [3.8, 4) is 0 Å². The molecule has 1 aromatic carbocycles. The van der Waals surface area contributed by atoms with Crippen LogP contribution in [0.2, 0.25) is 0 Å². The molecule has 1 aliphatic rings. The predicted molar refractivity (Wildman–Crippen MR) is 80.3 cm³/mol. The van der Waals surface area contributed by atoms with E-state index in [1.54, 1.807) is 12.1 Å². The van der Waals surface area contributed by atoms with Crippen LogP contribution in [-0.2, 0) is 19.4 Å². The molecule has 0 saturated carbocycles. The average Bonchev–Trinajstić information content (AvgIpc) is 2.43. The van der Waals surface area contributed by atoms with Crippen molar-refractivity contribution in [3.05, 3.63) is 40.8 Å². The molecule has 0 saturated heterocycles. The van der Waals surface area contributed by atoms with Gasteiger partial charge in [-0.15, -0.1) is 0 Å². The van der Waals surface area contributed by atoms with Crippen LogP contribution in [0.15, 0.2) is 18.2 Å². The molecule has 3 heteroatoms. The summed E-state index contributed by atoms with van der Waals surface area (Å²) in [7, 11) is 0. The number of aryl methyl sites for hydroxylation is 1. The van der Waals surface area contributed by atoms with Crippen LogP contribution in [-0.4, -0.2) is 11.0 Å². The second-order valence-corrected chi connectivity index (χ2v) is 5.92. The number of rotatable bonds is 3.